The molecule has 0 saturated carbocycles. The molecule has 1 nitrogen and oxygen atoms in total. The second kappa shape index (κ2) is 5.31. The molecule has 0 atom stereocenters. The van der Waals surface area contributed by atoms with Crippen LogP contribution in [0.4, 0.5) is 8.78 Å². The van der Waals surface area contributed by atoms with E-state index in [9.17, 15) is 8.78 Å². The molecule has 0 N–H and O–H groups in total. The molecule has 0 bridgehead atoms. The number of nitrogens with zero attached hydrogens (tertiary/aromatic N) is 1. The lowest BCUT2D eigenvalue weighted by atomic mass is 10.1. The van der Waals surface area contributed by atoms with Gasteiger partial charge in [0.2, 0.25) is 0 Å². The van der Waals surface area contributed by atoms with Crippen LogP contribution >= 0.6 is 22.9 Å². The summed E-state index contributed by atoms with van der Waals surface area (Å²) in [7, 11) is 0. The molecule has 20 heavy (non-hydrogen) atoms. The predicted octanol–water partition coefficient (Wildman–Crippen LogP) is 5.41. The molecule has 0 spiro atoms. The average Bonchev–Trinajstić information content (AvgIpc) is 2.82. The van der Waals surface area contributed by atoms with Gasteiger partial charge in [-0.3, -0.25) is 0 Å². The fourth-order valence-electron chi connectivity index (χ4n) is 1.89. The van der Waals surface area contributed by atoms with E-state index in [2.05, 4.69) is 4.98 Å². The first kappa shape index (κ1) is 13.2. The van der Waals surface area contributed by atoms with Crippen molar-refractivity contribution in [2.45, 2.75) is 0 Å². The van der Waals surface area contributed by atoms with Gasteiger partial charge < -0.3 is 0 Å². The van der Waals surface area contributed by atoms with Gasteiger partial charge in [-0.2, -0.15) is 0 Å². The lowest BCUT2D eigenvalue weighted by Crippen LogP contribution is -1.83. The van der Waals surface area contributed by atoms with E-state index in [0.717, 1.165) is 16.0 Å². The maximum atomic E-state index is 13.0. The summed E-state index contributed by atoms with van der Waals surface area (Å²) in [6.07, 6.45) is 0. The molecule has 0 aliphatic heterocycles. The third kappa shape index (κ3) is 2.57. The van der Waals surface area contributed by atoms with Gasteiger partial charge >= 0.3 is 0 Å². The molecule has 0 unspecified atom stereocenters. The van der Waals surface area contributed by atoms with Crippen molar-refractivity contribution in [1.82, 2.24) is 4.98 Å². The first-order valence-corrected chi connectivity index (χ1v) is 7.01. The molecule has 3 aromatic rings. The maximum Gasteiger partial charge on any atom is 0.184 e. The fourth-order valence-corrected chi connectivity index (χ4v) is 3.03. The van der Waals surface area contributed by atoms with E-state index in [1.807, 2.05) is 0 Å². The lowest BCUT2D eigenvalue weighted by Gasteiger charge is -2.03. The standard InChI is InChI=1S/C15H8ClF2NS/c16-15-19-13(9-1-5-11(17)6-2-9)14(20-15)10-3-7-12(18)8-4-10/h1-8H. The Morgan fingerprint density at radius 2 is 1.30 bits per heavy atom. The van der Waals surface area contributed by atoms with Crippen LogP contribution in [-0.2, 0) is 0 Å². The van der Waals surface area contributed by atoms with Crippen molar-refractivity contribution < 1.29 is 8.78 Å². The Hall–Kier alpha value is -1.78. The van der Waals surface area contributed by atoms with Crippen LogP contribution in [0.5, 0.6) is 0 Å². The molecule has 0 fully saturated rings. The summed E-state index contributed by atoms with van der Waals surface area (Å²) in [5, 5.41) is 0. The van der Waals surface area contributed by atoms with Gasteiger partial charge in [0.15, 0.2) is 4.47 Å². The fraction of sp³-hybridized carbons (Fsp3) is 0. The molecule has 1 heterocycles. The summed E-state index contributed by atoms with van der Waals surface area (Å²) < 4.78 is 26.4. The number of hydrogen-bond donors (Lipinski definition) is 0. The molecular formula is C15H8ClF2NS. The summed E-state index contributed by atoms with van der Waals surface area (Å²) in [6.45, 7) is 0. The minimum atomic E-state index is -0.307. The zero-order chi connectivity index (χ0) is 14.1. The van der Waals surface area contributed by atoms with E-state index in [4.69, 9.17) is 11.6 Å². The third-order valence-electron chi connectivity index (χ3n) is 2.83. The molecule has 100 valence electrons. The Morgan fingerprint density at radius 3 is 1.85 bits per heavy atom. The van der Waals surface area contributed by atoms with Crippen molar-refractivity contribution in [1.29, 1.82) is 0 Å². The van der Waals surface area contributed by atoms with E-state index in [0.29, 0.717) is 10.2 Å². The van der Waals surface area contributed by atoms with Crippen LogP contribution in [0.15, 0.2) is 48.5 Å². The zero-order valence-electron chi connectivity index (χ0n) is 10.1. The largest absolute Gasteiger partial charge is 0.224 e. The lowest BCUT2D eigenvalue weighted by molar-refractivity contribution is 0.627. The molecule has 3 rings (SSSR count). The van der Waals surface area contributed by atoms with Crippen LogP contribution < -0.4 is 0 Å². The summed E-state index contributed by atoms with van der Waals surface area (Å²) in [4.78, 5) is 5.11. The van der Waals surface area contributed by atoms with Crippen molar-refractivity contribution in [3.8, 4) is 21.7 Å². The van der Waals surface area contributed by atoms with Gasteiger partial charge in [0.1, 0.15) is 11.6 Å². The second-order valence-electron chi connectivity index (χ2n) is 4.16. The van der Waals surface area contributed by atoms with Crippen LogP contribution in [0, 0.1) is 11.6 Å². The monoisotopic (exact) mass is 307 g/mol. The Balaban J connectivity index is 2.12. The number of thiazole rings is 1. The molecular weight excluding hydrogens is 300 g/mol. The summed E-state index contributed by atoms with van der Waals surface area (Å²) in [6, 6.07) is 12.2. The summed E-state index contributed by atoms with van der Waals surface area (Å²) in [5.41, 5.74) is 2.27. The van der Waals surface area contributed by atoms with Crippen molar-refractivity contribution in [3.05, 3.63) is 64.6 Å². The molecule has 2 aromatic carbocycles. The van der Waals surface area contributed by atoms with Crippen LogP contribution in [0.1, 0.15) is 0 Å². The number of rotatable bonds is 2. The van der Waals surface area contributed by atoms with Gasteiger partial charge in [-0.05, 0) is 42.0 Å². The molecule has 5 heteroatoms. The average molecular weight is 308 g/mol. The summed E-state index contributed by atoms with van der Waals surface area (Å²) in [5.74, 6) is -0.605. The second-order valence-corrected chi connectivity index (χ2v) is 5.74. The molecule has 0 aliphatic carbocycles. The van der Waals surface area contributed by atoms with Crippen LogP contribution in [0.3, 0.4) is 0 Å². The SMILES string of the molecule is Fc1ccc(-c2nc(Cl)sc2-c2ccc(F)cc2)cc1. The summed E-state index contributed by atoms with van der Waals surface area (Å²) >= 11 is 7.30. The normalized spacial score (nSPS) is 10.8. The highest BCUT2D eigenvalue weighted by molar-refractivity contribution is 7.19. The topological polar surface area (TPSA) is 12.9 Å². The molecule has 0 aliphatic rings. The van der Waals surface area contributed by atoms with E-state index in [-0.39, 0.29) is 11.6 Å². The van der Waals surface area contributed by atoms with E-state index in [1.54, 1.807) is 24.3 Å². The van der Waals surface area contributed by atoms with Gasteiger partial charge in [-0.25, -0.2) is 13.8 Å². The number of benzene rings is 2. The Bertz CT molecular complexity index is 673. The first-order chi connectivity index (χ1) is 9.63. The van der Waals surface area contributed by atoms with Crippen LogP contribution in [-0.4, -0.2) is 4.98 Å². The predicted molar refractivity (Wildman–Crippen MR) is 77.9 cm³/mol. The molecule has 0 amide bonds. The minimum absolute atomic E-state index is 0.298. The highest BCUT2D eigenvalue weighted by Gasteiger charge is 2.14. The van der Waals surface area contributed by atoms with E-state index < -0.39 is 0 Å². The Labute approximate surface area is 123 Å². The molecule has 0 saturated heterocycles. The first-order valence-electron chi connectivity index (χ1n) is 5.82. The van der Waals surface area contributed by atoms with Crippen molar-refractivity contribution in [3.63, 3.8) is 0 Å². The maximum absolute atomic E-state index is 13.0. The van der Waals surface area contributed by atoms with Crippen molar-refractivity contribution >= 4 is 22.9 Å². The van der Waals surface area contributed by atoms with Crippen molar-refractivity contribution in [2.75, 3.05) is 0 Å². The van der Waals surface area contributed by atoms with Crippen LogP contribution in [0.25, 0.3) is 21.7 Å². The van der Waals surface area contributed by atoms with Gasteiger partial charge in [-0.1, -0.05) is 23.7 Å². The molecule has 0 radical (unpaired) electrons. The van der Waals surface area contributed by atoms with Crippen LogP contribution in [0.2, 0.25) is 4.47 Å². The van der Waals surface area contributed by atoms with Gasteiger partial charge in [0.05, 0.1) is 10.6 Å². The highest BCUT2D eigenvalue weighted by atomic mass is 35.5. The number of halogens is 3. The van der Waals surface area contributed by atoms with E-state index >= 15 is 0 Å². The van der Waals surface area contributed by atoms with Gasteiger partial charge in [-0.15, -0.1) is 11.3 Å². The smallest absolute Gasteiger partial charge is 0.184 e. The number of aromatic nitrogens is 1. The number of hydrogen-bond acceptors (Lipinski definition) is 2. The highest BCUT2D eigenvalue weighted by Crippen LogP contribution is 2.38. The van der Waals surface area contributed by atoms with Gasteiger partial charge in [0, 0.05) is 5.56 Å². The minimum Gasteiger partial charge on any atom is -0.224 e. The third-order valence-corrected chi connectivity index (χ3v) is 4.03. The Kier molecular flexibility index (Phi) is 3.51. The Morgan fingerprint density at radius 1 is 0.800 bits per heavy atom. The molecule has 1 aromatic heterocycles. The quantitative estimate of drug-likeness (QED) is 0.617. The van der Waals surface area contributed by atoms with E-state index in [1.165, 1.54) is 35.6 Å². The van der Waals surface area contributed by atoms with Crippen molar-refractivity contribution in [2.24, 2.45) is 0 Å². The van der Waals surface area contributed by atoms with Gasteiger partial charge in [0.25, 0.3) is 0 Å². The zero-order valence-corrected chi connectivity index (χ0v) is 11.7.